The summed E-state index contributed by atoms with van der Waals surface area (Å²) in [7, 11) is 0. The van der Waals surface area contributed by atoms with Gasteiger partial charge in [0.2, 0.25) is 0 Å². The maximum Gasteiger partial charge on any atom is 0.0218 e. The first-order chi connectivity index (χ1) is 4.14. The fraction of sp³-hybridized carbons (Fsp3) is 1.00. The molecule has 4 atom stereocenters. The largest absolute Gasteiger partial charge is 0.325 e. The second-order valence-corrected chi connectivity index (χ2v) is 4.05. The van der Waals surface area contributed by atoms with Gasteiger partial charge in [-0.25, -0.2) is 0 Å². The van der Waals surface area contributed by atoms with E-state index < -0.39 is 0 Å². The molecule has 0 heterocycles. The standard InChI is InChI=1S/C8H15N/c1-5-3-7-6(2)8(7,9)4-5/h5-7H,3-4,9H2,1-2H3. The molecule has 0 saturated heterocycles. The van der Waals surface area contributed by atoms with Crippen molar-refractivity contribution in [2.45, 2.75) is 32.2 Å². The monoisotopic (exact) mass is 125 g/mol. The average Bonchev–Trinajstić information content (AvgIpc) is 2.23. The van der Waals surface area contributed by atoms with Gasteiger partial charge < -0.3 is 5.73 Å². The van der Waals surface area contributed by atoms with E-state index in [1.807, 2.05) is 0 Å². The molecule has 2 aliphatic rings. The average molecular weight is 125 g/mol. The molecule has 0 amide bonds. The van der Waals surface area contributed by atoms with E-state index in [4.69, 9.17) is 5.73 Å². The van der Waals surface area contributed by atoms with Crippen LogP contribution in [0, 0.1) is 17.8 Å². The van der Waals surface area contributed by atoms with Crippen LogP contribution in [-0.2, 0) is 0 Å². The van der Waals surface area contributed by atoms with E-state index in [-0.39, 0.29) is 0 Å². The van der Waals surface area contributed by atoms with Gasteiger partial charge in [-0.3, -0.25) is 0 Å². The van der Waals surface area contributed by atoms with Gasteiger partial charge in [-0.05, 0) is 30.6 Å². The molecule has 2 fully saturated rings. The van der Waals surface area contributed by atoms with Gasteiger partial charge in [0.05, 0.1) is 0 Å². The van der Waals surface area contributed by atoms with Crippen LogP contribution in [0.1, 0.15) is 26.7 Å². The Kier molecular flexibility index (Phi) is 0.852. The summed E-state index contributed by atoms with van der Waals surface area (Å²) in [6, 6.07) is 0. The molecule has 2 aliphatic carbocycles. The molecule has 1 nitrogen and oxygen atoms in total. The Bertz CT molecular complexity index is 144. The molecule has 4 unspecified atom stereocenters. The predicted octanol–water partition coefficient (Wildman–Crippen LogP) is 1.38. The molecule has 0 aliphatic heterocycles. The third kappa shape index (κ3) is 0.536. The maximum atomic E-state index is 6.09. The van der Waals surface area contributed by atoms with Gasteiger partial charge in [0.1, 0.15) is 0 Å². The highest BCUT2D eigenvalue weighted by Crippen LogP contribution is 2.60. The third-order valence-electron chi connectivity index (χ3n) is 3.39. The summed E-state index contributed by atoms with van der Waals surface area (Å²) in [4.78, 5) is 0. The molecule has 0 aromatic rings. The van der Waals surface area contributed by atoms with Crippen molar-refractivity contribution in [2.75, 3.05) is 0 Å². The first-order valence-electron chi connectivity index (χ1n) is 3.93. The van der Waals surface area contributed by atoms with E-state index >= 15 is 0 Å². The quantitative estimate of drug-likeness (QED) is 0.520. The third-order valence-corrected chi connectivity index (χ3v) is 3.39. The highest BCUT2D eigenvalue weighted by atomic mass is 14.9. The molecule has 9 heavy (non-hydrogen) atoms. The van der Waals surface area contributed by atoms with Crippen LogP contribution in [0.15, 0.2) is 0 Å². The summed E-state index contributed by atoms with van der Waals surface area (Å²) in [6.45, 7) is 4.60. The van der Waals surface area contributed by atoms with Crippen molar-refractivity contribution in [2.24, 2.45) is 23.5 Å². The molecule has 0 aromatic heterocycles. The lowest BCUT2D eigenvalue weighted by molar-refractivity contribution is 0.463. The summed E-state index contributed by atoms with van der Waals surface area (Å²) < 4.78 is 0. The Morgan fingerprint density at radius 1 is 1.44 bits per heavy atom. The normalized spacial score (nSPS) is 63.7. The first kappa shape index (κ1) is 5.72. The molecule has 1 heteroatoms. The Hall–Kier alpha value is -0.0400. The molecule has 0 aromatic carbocycles. The van der Waals surface area contributed by atoms with Crippen LogP contribution in [0.5, 0.6) is 0 Å². The number of fused-ring (bicyclic) bond motifs is 1. The van der Waals surface area contributed by atoms with Gasteiger partial charge in [-0.2, -0.15) is 0 Å². The fourth-order valence-electron chi connectivity index (χ4n) is 2.64. The molecular weight excluding hydrogens is 110 g/mol. The van der Waals surface area contributed by atoms with Crippen LogP contribution >= 0.6 is 0 Å². The van der Waals surface area contributed by atoms with Crippen LogP contribution in [-0.4, -0.2) is 5.54 Å². The van der Waals surface area contributed by atoms with E-state index in [0.717, 1.165) is 17.8 Å². The second kappa shape index (κ2) is 1.34. The van der Waals surface area contributed by atoms with Crippen molar-refractivity contribution in [3.8, 4) is 0 Å². The van der Waals surface area contributed by atoms with Crippen molar-refractivity contribution in [1.82, 2.24) is 0 Å². The van der Waals surface area contributed by atoms with Crippen molar-refractivity contribution in [1.29, 1.82) is 0 Å². The summed E-state index contributed by atoms with van der Waals surface area (Å²) >= 11 is 0. The Morgan fingerprint density at radius 3 is 2.44 bits per heavy atom. The lowest BCUT2D eigenvalue weighted by Gasteiger charge is -2.09. The molecule has 0 spiro atoms. The highest BCUT2D eigenvalue weighted by molar-refractivity contribution is 5.18. The molecule has 52 valence electrons. The Labute approximate surface area is 56.6 Å². The van der Waals surface area contributed by atoms with Crippen molar-refractivity contribution in [3.05, 3.63) is 0 Å². The molecular formula is C8H15N. The van der Waals surface area contributed by atoms with Crippen molar-refractivity contribution >= 4 is 0 Å². The summed E-state index contributed by atoms with van der Waals surface area (Å²) in [5.74, 6) is 2.61. The van der Waals surface area contributed by atoms with E-state index in [0.29, 0.717) is 5.54 Å². The van der Waals surface area contributed by atoms with Crippen LogP contribution in [0.3, 0.4) is 0 Å². The maximum absolute atomic E-state index is 6.09. The number of hydrogen-bond donors (Lipinski definition) is 1. The molecule has 0 bridgehead atoms. The zero-order valence-corrected chi connectivity index (χ0v) is 6.22. The first-order valence-corrected chi connectivity index (χ1v) is 3.93. The van der Waals surface area contributed by atoms with E-state index in [1.54, 1.807) is 0 Å². The van der Waals surface area contributed by atoms with Gasteiger partial charge in [-0.1, -0.05) is 13.8 Å². The van der Waals surface area contributed by atoms with Gasteiger partial charge in [-0.15, -0.1) is 0 Å². The minimum Gasteiger partial charge on any atom is -0.325 e. The minimum atomic E-state index is 0.291. The molecule has 2 saturated carbocycles. The number of hydrogen-bond acceptors (Lipinski definition) is 1. The van der Waals surface area contributed by atoms with Crippen LogP contribution < -0.4 is 5.73 Å². The Balaban J connectivity index is 2.12. The highest BCUT2D eigenvalue weighted by Gasteiger charge is 2.63. The lowest BCUT2D eigenvalue weighted by atomic mass is 10.0. The lowest BCUT2D eigenvalue weighted by Crippen LogP contribution is -2.24. The van der Waals surface area contributed by atoms with Gasteiger partial charge in [0, 0.05) is 5.54 Å². The van der Waals surface area contributed by atoms with E-state index in [9.17, 15) is 0 Å². The van der Waals surface area contributed by atoms with Gasteiger partial charge in [0.15, 0.2) is 0 Å². The van der Waals surface area contributed by atoms with Crippen LogP contribution in [0.25, 0.3) is 0 Å². The predicted molar refractivity (Wildman–Crippen MR) is 38.0 cm³/mol. The van der Waals surface area contributed by atoms with Gasteiger partial charge >= 0.3 is 0 Å². The Morgan fingerprint density at radius 2 is 2.11 bits per heavy atom. The van der Waals surface area contributed by atoms with Crippen LogP contribution in [0.4, 0.5) is 0 Å². The molecule has 2 N–H and O–H groups in total. The topological polar surface area (TPSA) is 26.0 Å². The molecule has 2 rings (SSSR count). The van der Waals surface area contributed by atoms with Crippen molar-refractivity contribution in [3.63, 3.8) is 0 Å². The second-order valence-electron chi connectivity index (χ2n) is 4.05. The fourth-order valence-corrected chi connectivity index (χ4v) is 2.64. The number of nitrogens with two attached hydrogens (primary N) is 1. The molecule has 0 radical (unpaired) electrons. The van der Waals surface area contributed by atoms with E-state index in [1.165, 1.54) is 12.8 Å². The number of rotatable bonds is 0. The smallest absolute Gasteiger partial charge is 0.0218 e. The minimum absolute atomic E-state index is 0.291. The summed E-state index contributed by atoms with van der Waals surface area (Å²) in [5, 5.41) is 0. The van der Waals surface area contributed by atoms with Crippen molar-refractivity contribution < 1.29 is 0 Å². The van der Waals surface area contributed by atoms with Gasteiger partial charge in [0.25, 0.3) is 0 Å². The van der Waals surface area contributed by atoms with E-state index in [2.05, 4.69) is 13.8 Å². The summed E-state index contributed by atoms with van der Waals surface area (Å²) in [6.07, 6.45) is 2.66. The summed E-state index contributed by atoms with van der Waals surface area (Å²) in [5.41, 5.74) is 6.38. The zero-order valence-electron chi connectivity index (χ0n) is 6.22. The SMILES string of the molecule is CC1CC2C(C)C2(N)C1. The zero-order chi connectivity index (χ0) is 6.65. The van der Waals surface area contributed by atoms with Crippen LogP contribution in [0.2, 0.25) is 0 Å².